The molecule has 1 unspecified atom stereocenters. The Hall–Kier alpha value is -4.54. The number of ether oxygens (including phenoxy) is 3. The summed E-state index contributed by atoms with van der Waals surface area (Å²) in [7, 11) is 1.66. The average Bonchev–Trinajstić information content (AvgIpc) is 3.74. The number of hydrogen-bond donors (Lipinski definition) is 0. The van der Waals surface area contributed by atoms with Gasteiger partial charge in [0.05, 0.1) is 12.3 Å². The topological polar surface area (TPSA) is 98.3 Å². The van der Waals surface area contributed by atoms with Crippen LogP contribution in [0.15, 0.2) is 60.7 Å². The van der Waals surface area contributed by atoms with E-state index >= 15 is 0 Å². The number of benzene rings is 2. The van der Waals surface area contributed by atoms with Crippen LogP contribution in [0.2, 0.25) is 0 Å². The number of carbonyl (C=O) groups is 3. The van der Waals surface area contributed by atoms with E-state index in [1.165, 1.54) is 15.9 Å². The molecule has 2 atom stereocenters. The van der Waals surface area contributed by atoms with Crippen LogP contribution in [0.5, 0.6) is 11.5 Å². The van der Waals surface area contributed by atoms with Crippen molar-refractivity contribution in [3.05, 3.63) is 83.2 Å². The summed E-state index contributed by atoms with van der Waals surface area (Å²) in [6.07, 6.45) is 2.95. The summed E-state index contributed by atoms with van der Waals surface area (Å²) in [5.74, 6) is -0.605. The fourth-order valence-electron chi connectivity index (χ4n) is 5.01. The summed E-state index contributed by atoms with van der Waals surface area (Å²) in [5, 5.41) is 0. The van der Waals surface area contributed by atoms with E-state index in [-0.39, 0.29) is 48.6 Å². The Morgan fingerprint density at radius 3 is 2.56 bits per heavy atom. The van der Waals surface area contributed by atoms with Gasteiger partial charge in [-0.05, 0) is 74.1 Å². The number of pyridine rings is 1. The first-order valence-electron chi connectivity index (χ1n) is 14.1. The lowest BCUT2D eigenvalue weighted by Crippen LogP contribution is -2.36. The van der Waals surface area contributed by atoms with E-state index in [0.717, 1.165) is 29.7 Å². The smallest absolute Gasteiger partial charge is 0.387 e. The zero-order valence-electron chi connectivity index (χ0n) is 23.9. The van der Waals surface area contributed by atoms with Crippen LogP contribution in [0.3, 0.4) is 0 Å². The SMILES string of the molecule is Cc1ccc(N(C)C(=O)c2cccc(COC(=O)[C@H]3CC(c4ccc(OC(F)F)c(OCC5CC5)c4)CN3C=O)n2)cc1. The highest BCUT2D eigenvalue weighted by atomic mass is 19.3. The quantitative estimate of drug-likeness (QED) is 0.213. The van der Waals surface area contributed by atoms with Gasteiger partial charge in [-0.25, -0.2) is 9.78 Å². The normalized spacial score (nSPS) is 17.9. The molecule has 0 N–H and O–H groups in total. The Bertz CT molecular complexity index is 1460. The van der Waals surface area contributed by atoms with Crippen LogP contribution in [0.25, 0.3) is 0 Å². The van der Waals surface area contributed by atoms with E-state index in [1.54, 1.807) is 37.4 Å². The van der Waals surface area contributed by atoms with Crippen LogP contribution >= 0.6 is 0 Å². The lowest BCUT2D eigenvalue weighted by Gasteiger charge is -2.19. The molecular weight excluding hydrogens is 560 g/mol. The van der Waals surface area contributed by atoms with Crippen LogP contribution in [-0.2, 0) is 20.9 Å². The van der Waals surface area contributed by atoms with Gasteiger partial charge in [-0.1, -0.05) is 29.8 Å². The first kappa shape index (κ1) is 29.9. The predicted octanol–water partition coefficient (Wildman–Crippen LogP) is 5.11. The molecule has 0 bridgehead atoms. The zero-order chi connectivity index (χ0) is 30.5. The van der Waals surface area contributed by atoms with Crippen molar-refractivity contribution < 1.29 is 37.4 Å². The van der Waals surface area contributed by atoms with Crippen molar-refractivity contribution in [3.8, 4) is 11.5 Å². The second-order valence-electron chi connectivity index (χ2n) is 10.9. The van der Waals surface area contributed by atoms with Crippen molar-refractivity contribution >= 4 is 24.0 Å². The average molecular weight is 594 g/mol. The zero-order valence-corrected chi connectivity index (χ0v) is 23.9. The molecule has 11 heteroatoms. The Morgan fingerprint density at radius 1 is 1.09 bits per heavy atom. The van der Waals surface area contributed by atoms with E-state index in [9.17, 15) is 23.2 Å². The number of esters is 1. The highest BCUT2D eigenvalue weighted by molar-refractivity contribution is 6.04. The largest absolute Gasteiger partial charge is 0.489 e. The maximum atomic E-state index is 13.1. The molecule has 1 saturated carbocycles. The Kier molecular flexibility index (Phi) is 9.18. The second-order valence-corrected chi connectivity index (χ2v) is 10.9. The van der Waals surface area contributed by atoms with Crippen molar-refractivity contribution in [1.82, 2.24) is 9.88 Å². The third-order valence-corrected chi connectivity index (χ3v) is 7.69. The first-order chi connectivity index (χ1) is 20.7. The number of aromatic nitrogens is 1. The summed E-state index contributed by atoms with van der Waals surface area (Å²) in [5.41, 5.74) is 3.12. The highest BCUT2D eigenvalue weighted by Crippen LogP contribution is 2.38. The summed E-state index contributed by atoms with van der Waals surface area (Å²) < 4.78 is 41.8. The Labute approximate surface area is 248 Å². The summed E-state index contributed by atoms with van der Waals surface area (Å²) in [6.45, 7) is -0.556. The summed E-state index contributed by atoms with van der Waals surface area (Å²) in [4.78, 5) is 45.2. The lowest BCUT2D eigenvalue weighted by molar-refractivity contribution is -0.152. The van der Waals surface area contributed by atoms with Crippen molar-refractivity contribution in [2.75, 3.05) is 25.1 Å². The van der Waals surface area contributed by atoms with E-state index in [0.29, 0.717) is 24.6 Å². The van der Waals surface area contributed by atoms with Crippen molar-refractivity contribution in [1.29, 1.82) is 0 Å². The van der Waals surface area contributed by atoms with Gasteiger partial charge >= 0.3 is 12.6 Å². The van der Waals surface area contributed by atoms with Gasteiger partial charge in [0.2, 0.25) is 6.41 Å². The standard InChI is InChI=1S/C32H33F2N3O6/c1-20-6-11-25(12-7-20)36(2)30(39)26-5-3-4-24(35-26)18-42-31(40)27-14-23(16-37(27)19-38)22-10-13-28(43-32(33)34)29(15-22)41-17-21-8-9-21/h3-7,10-13,15,19,21,23,27,32H,8-9,14,16-18H2,1-2H3/t23?,27-/m1/s1. The molecule has 5 rings (SSSR count). The maximum Gasteiger partial charge on any atom is 0.387 e. The van der Waals surface area contributed by atoms with Crippen molar-refractivity contribution in [3.63, 3.8) is 0 Å². The van der Waals surface area contributed by atoms with Gasteiger partial charge < -0.3 is 24.0 Å². The third-order valence-electron chi connectivity index (χ3n) is 7.69. The molecule has 1 aliphatic heterocycles. The molecule has 1 saturated heterocycles. The van der Waals surface area contributed by atoms with Gasteiger partial charge in [0.1, 0.15) is 18.3 Å². The summed E-state index contributed by atoms with van der Waals surface area (Å²) >= 11 is 0. The monoisotopic (exact) mass is 593 g/mol. The number of carbonyl (C=O) groups excluding carboxylic acids is 3. The minimum absolute atomic E-state index is 0.0566. The number of nitrogens with zero attached hydrogens (tertiary/aromatic N) is 3. The molecule has 226 valence electrons. The van der Waals surface area contributed by atoms with Gasteiger partial charge in [-0.2, -0.15) is 8.78 Å². The van der Waals surface area contributed by atoms with E-state index < -0.39 is 18.6 Å². The van der Waals surface area contributed by atoms with Gasteiger partial charge in [0.25, 0.3) is 5.91 Å². The predicted molar refractivity (Wildman–Crippen MR) is 153 cm³/mol. The number of rotatable bonds is 12. The number of alkyl halides is 2. The highest BCUT2D eigenvalue weighted by Gasteiger charge is 2.38. The maximum absolute atomic E-state index is 13.1. The van der Waals surface area contributed by atoms with Crippen LogP contribution in [-0.4, -0.2) is 61.0 Å². The fraction of sp³-hybridized carbons (Fsp3) is 0.375. The molecule has 0 spiro atoms. The molecule has 43 heavy (non-hydrogen) atoms. The molecule has 1 aromatic heterocycles. The summed E-state index contributed by atoms with van der Waals surface area (Å²) in [6, 6.07) is 16.3. The van der Waals surface area contributed by atoms with Crippen LogP contribution in [0.4, 0.5) is 14.5 Å². The molecule has 9 nitrogen and oxygen atoms in total. The Balaban J connectivity index is 1.22. The number of halogens is 2. The molecule has 2 aromatic carbocycles. The number of hydrogen-bond acceptors (Lipinski definition) is 7. The van der Waals surface area contributed by atoms with Gasteiger partial charge in [0.15, 0.2) is 11.5 Å². The van der Waals surface area contributed by atoms with Crippen LogP contribution < -0.4 is 14.4 Å². The van der Waals surface area contributed by atoms with Crippen LogP contribution in [0, 0.1) is 12.8 Å². The lowest BCUT2D eigenvalue weighted by atomic mass is 9.96. The Morgan fingerprint density at radius 2 is 1.86 bits per heavy atom. The minimum atomic E-state index is -2.99. The molecule has 2 fully saturated rings. The van der Waals surface area contributed by atoms with Crippen molar-refractivity contribution in [2.45, 2.75) is 51.4 Å². The molecule has 2 heterocycles. The number of aryl methyl sites for hydroxylation is 1. The molecule has 2 aliphatic rings. The molecule has 3 aromatic rings. The molecular formula is C32H33F2N3O6. The van der Waals surface area contributed by atoms with Crippen molar-refractivity contribution in [2.24, 2.45) is 5.92 Å². The molecule has 0 radical (unpaired) electrons. The van der Waals surface area contributed by atoms with Crippen LogP contribution in [0.1, 0.15) is 52.5 Å². The molecule has 1 aliphatic carbocycles. The third kappa shape index (κ3) is 7.46. The number of anilines is 1. The number of amides is 2. The van der Waals surface area contributed by atoms with Gasteiger partial charge in [0, 0.05) is 25.2 Å². The van der Waals surface area contributed by atoms with Gasteiger partial charge in [-0.3, -0.25) is 9.59 Å². The first-order valence-corrected chi connectivity index (χ1v) is 14.1. The van der Waals surface area contributed by atoms with E-state index in [2.05, 4.69) is 9.72 Å². The fourth-order valence-corrected chi connectivity index (χ4v) is 5.01. The van der Waals surface area contributed by atoms with E-state index in [1.807, 2.05) is 31.2 Å². The van der Waals surface area contributed by atoms with Gasteiger partial charge in [-0.15, -0.1) is 0 Å². The minimum Gasteiger partial charge on any atom is -0.489 e. The molecule has 2 amide bonds. The number of likely N-dealkylation sites (tertiary alicyclic amines) is 1. The second kappa shape index (κ2) is 13.2. The van der Waals surface area contributed by atoms with E-state index in [4.69, 9.17) is 9.47 Å².